The zero-order valence-electron chi connectivity index (χ0n) is 17.6. The number of allylic oxidation sites excluding steroid dienone is 2. The van der Waals surface area contributed by atoms with Crippen LogP contribution < -0.4 is 10.6 Å². The smallest absolute Gasteiger partial charge is 0.247 e. The van der Waals surface area contributed by atoms with Gasteiger partial charge in [0.25, 0.3) is 0 Å². The Bertz CT molecular complexity index is 1200. The van der Waals surface area contributed by atoms with Crippen LogP contribution in [0, 0.1) is 6.92 Å². The van der Waals surface area contributed by atoms with Crippen molar-refractivity contribution in [3.63, 3.8) is 0 Å². The highest BCUT2D eigenvalue weighted by Gasteiger charge is 2.28. The first kappa shape index (κ1) is 21.1. The lowest BCUT2D eigenvalue weighted by atomic mass is 9.91. The number of aryl methyl sites for hydroxylation is 1. The van der Waals surface area contributed by atoms with Crippen molar-refractivity contribution >= 4 is 23.1 Å². The van der Waals surface area contributed by atoms with Gasteiger partial charge in [-0.15, -0.1) is 0 Å². The molecule has 0 heterocycles. The van der Waals surface area contributed by atoms with Gasteiger partial charge in [-0.2, -0.15) is 0 Å². The lowest BCUT2D eigenvalue weighted by Gasteiger charge is -2.24. The number of benzene rings is 3. The summed E-state index contributed by atoms with van der Waals surface area (Å²) < 4.78 is 0. The van der Waals surface area contributed by atoms with E-state index in [0.717, 1.165) is 11.1 Å². The van der Waals surface area contributed by atoms with Gasteiger partial charge in [-0.3, -0.25) is 9.59 Å². The summed E-state index contributed by atoms with van der Waals surface area (Å²) in [5.41, 5.74) is 4.15. The summed E-state index contributed by atoms with van der Waals surface area (Å²) in [6, 6.07) is 23.3. The normalized spacial score (nSPS) is 15.0. The number of carbonyl (C=O) groups excluding carboxylic acids is 2. The molecule has 0 saturated heterocycles. The minimum atomic E-state index is -0.723. The van der Waals surface area contributed by atoms with Gasteiger partial charge in [-0.05, 0) is 30.7 Å². The van der Waals surface area contributed by atoms with E-state index in [0.29, 0.717) is 23.2 Å². The summed E-state index contributed by atoms with van der Waals surface area (Å²) >= 11 is 0. The fraction of sp³-hybridized carbons (Fsp3) is 0.115. The average molecular weight is 425 g/mol. The lowest BCUT2D eigenvalue weighted by Crippen LogP contribution is -2.44. The molecular formula is C26H23N3O3. The van der Waals surface area contributed by atoms with Gasteiger partial charge in [0.2, 0.25) is 11.7 Å². The van der Waals surface area contributed by atoms with Crippen molar-refractivity contribution in [1.29, 1.82) is 0 Å². The summed E-state index contributed by atoms with van der Waals surface area (Å²) in [7, 11) is 0. The summed E-state index contributed by atoms with van der Waals surface area (Å²) in [5, 5.41) is 18.8. The molecular weight excluding hydrogens is 402 g/mol. The molecule has 0 unspecified atom stereocenters. The molecule has 160 valence electrons. The van der Waals surface area contributed by atoms with Gasteiger partial charge < -0.3 is 15.8 Å². The van der Waals surface area contributed by atoms with Crippen molar-refractivity contribution in [2.45, 2.75) is 19.4 Å². The number of Topliss-reactive ketones (excluding diaryl/α,β-unsaturated/α-hetero) is 1. The van der Waals surface area contributed by atoms with E-state index in [9.17, 15) is 14.8 Å². The second-order valence-corrected chi connectivity index (χ2v) is 7.66. The Kier molecular flexibility index (Phi) is 6.12. The lowest BCUT2D eigenvalue weighted by molar-refractivity contribution is -0.117. The highest BCUT2D eigenvalue weighted by molar-refractivity contribution is 6.26. The number of hydrogen-bond donors (Lipinski definition) is 3. The van der Waals surface area contributed by atoms with Crippen molar-refractivity contribution in [3.05, 3.63) is 113 Å². The quantitative estimate of drug-likeness (QED) is 0.410. The largest absolute Gasteiger partial charge is 0.410 e. The van der Waals surface area contributed by atoms with Crippen LogP contribution in [0.4, 0.5) is 5.69 Å². The van der Waals surface area contributed by atoms with Gasteiger partial charge in [0, 0.05) is 23.2 Å². The molecule has 0 fully saturated rings. The highest BCUT2D eigenvalue weighted by Crippen LogP contribution is 2.21. The van der Waals surface area contributed by atoms with Crippen LogP contribution in [0.3, 0.4) is 0 Å². The predicted octanol–water partition coefficient (Wildman–Crippen LogP) is 4.09. The van der Waals surface area contributed by atoms with Crippen LogP contribution in [0.25, 0.3) is 0 Å². The molecule has 32 heavy (non-hydrogen) atoms. The number of anilines is 1. The number of hydrogen-bond acceptors (Lipinski definition) is 5. The summed E-state index contributed by atoms with van der Waals surface area (Å²) in [6.45, 7) is 1.98. The molecule has 0 radical (unpaired) electrons. The molecule has 3 N–H and O–H groups in total. The Hall–Kier alpha value is -4.19. The maximum absolute atomic E-state index is 13.2. The monoisotopic (exact) mass is 425 g/mol. The number of rotatable bonds is 6. The number of nitrogens with zero attached hydrogens (tertiary/aromatic N) is 1. The first-order chi connectivity index (χ1) is 15.5. The number of nitrogens with one attached hydrogen (secondary N) is 2. The Morgan fingerprint density at radius 2 is 1.59 bits per heavy atom. The van der Waals surface area contributed by atoms with Crippen LogP contribution in [0.5, 0.6) is 0 Å². The molecule has 0 spiro atoms. The van der Waals surface area contributed by atoms with E-state index in [1.54, 1.807) is 24.3 Å². The van der Waals surface area contributed by atoms with Gasteiger partial charge in [-0.25, -0.2) is 0 Å². The molecule has 3 aromatic carbocycles. The van der Waals surface area contributed by atoms with E-state index in [-0.39, 0.29) is 23.1 Å². The molecule has 1 aliphatic rings. The zero-order chi connectivity index (χ0) is 22.5. The van der Waals surface area contributed by atoms with Gasteiger partial charge >= 0.3 is 0 Å². The molecule has 0 aliphatic heterocycles. The van der Waals surface area contributed by atoms with E-state index in [1.807, 2.05) is 61.5 Å². The molecule has 1 aliphatic carbocycles. The van der Waals surface area contributed by atoms with Crippen molar-refractivity contribution in [1.82, 2.24) is 5.32 Å². The van der Waals surface area contributed by atoms with Crippen molar-refractivity contribution in [2.24, 2.45) is 5.16 Å². The zero-order valence-corrected chi connectivity index (χ0v) is 17.6. The summed E-state index contributed by atoms with van der Waals surface area (Å²) in [4.78, 5) is 26.3. The molecule has 0 bridgehead atoms. The van der Waals surface area contributed by atoms with E-state index >= 15 is 0 Å². The van der Waals surface area contributed by atoms with E-state index < -0.39 is 6.04 Å². The number of carbonyl (C=O) groups is 2. The molecule has 1 atom stereocenters. The molecule has 3 aromatic rings. The highest BCUT2D eigenvalue weighted by atomic mass is 16.4. The third kappa shape index (κ3) is 4.59. The number of ketones is 1. The second kappa shape index (κ2) is 9.31. The third-order valence-electron chi connectivity index (χ3n) is 5.33. The molecule has 6 nitrogen and oxygen atoms in total. The Labute approximate surface area is 186 Å². The average Bonchev–Trinajstić information content (AvgIpc) is 2.82. The number of fused-ring (bicyclic) bond motifs is 1. The Balaban J connectivity index is 1.62. The topological polar surface area (TPSA) is 90.8 Å². The van der Waals surface area contributed by atoms with E-state index in [2.05, 4.69) is 15.8 Å². The maximum Gasteiger partial charge on any atom is 0.247 e. The molecule has 1 amide bonds. The van der Waals surface area contributed by atoms with Crippen molar-refractivity contribution in [3.8, 4) is 0 Å². The molecule has 6 heteroatoms. The number of oxime groups is 1. The van der Waals surface area contributed by atoms with Crippen LogP contribution in [0.1, 0.15) is 27.0 Å². The van der Waals surface area contributed by atoms with Gasteiger partial charge in [0.15, 0.2) is 0 Å². The molecule has 0 aromatic heterocycles. The van der Waals surface area contributed by atoms with Crippen LogP contribution in [-0.4, -0.2) is 28.7 Å². The minimum absolute atomic E-state index is 0.205. The fourth-order valence-electron chi connectivity index (χ4n) is 3.63. The Morgan fingerprint density at radius 3 is 2.28 bits per heavy atom. The second-order valence-electron chi connectivity index (χ2n) is 7.66. The summed E-state index contributed by atoms with van der Waals surface area (Å²) in [6.07, 6.45) is 1.85. The van der Waals surface area contributed by atoms with Crippen molar-refractivity contribution in [2.75, 3.05) is 5.32 Å². The molecule has 0 saturated carbocycles. The van der Waals surface area contributed by atoms with Crippen LogP contribution in [0.15, 0.2) is 95.8 Å². The maximum atomic E-state index is 13.2. The molecule has 4 rings (SSSR count). The Morgan fingerprint density at radius 1 is 0.938 bits per heavy atom. The van der Waals surface area contributed by atoms with Gasteiger partial charge in [0.1, 0.15) is 11.8 Å². The number of amides is 1. The first-order valence-electron chi connectivity index (χ1n) is 10.3. The van der Waals surface area contributed by atoms with Gasteiger partial charge in [0.05, 0.1) is 5.70 Å². The van der Waals surface area contributed by atoms with E-state index in [4.69, 9.17) is 0 Å². The van der Waals surface area contributed by atoms with Crippen LogP contribution in [-0.2, 0) is 11.2 Å². The third-order valence-corrected chi connectivity index (χ3v) is 5.33. The standard InChI is InChI=1S/C26H23N3O3/c1-17-11-13-19(14-12-17)27-26(31)24(15-18-7-3-2-4-8-18)28-23-16-22(29-32)20-9-5-6-10-21(20)25(23)30/h2-14,16,24,28,32H,15H2,1H3,(H,27,31)/t24-/m1/s1. The van der Waals surface area contributed by atoms with Crippen LogP contribution >= 0.6 is 0 Å². The van der Waals surface area contributed by atoms with Crippen LogP contribution in [0.2, 0.25) is 0 Å². The van der Waals surface area contributed by atoms with E-state index in [1.165, 1.54) is 6.08 Å². The van der Waals surface area contributed by atoms with Gasteiger partial charge in [-0.1, -0.05) is 77.4 Å². The predicted molar refractivity (Wildman–Crippen MR) is 124 cm³/mol. The SMILES string of the molecule is Cc1ccc(NC(=O)[C@@H](Cc2ccccc2)NC2=CC(=NO)c3ccccc3C2=O)cc1. The van der Waals surface area contributed by atoms with Crippen molar-refractivity contribution < 1.29 is 14.8 Å². The fourth-order valence-corrected chi connectivity index (χ4v) is 3.63. The first-order valence-corrected chi connectivity index (χ1v) is 10.3. The summed E-state index contributed by atoms with van der Waals surface area (Å²) in [5.74, 6) is -0.526. The minimum Gasteiger partial charge on any atom is -0.410 e.